The average molecular weight is 300 g/mol. The van der Waals surface area contributed by atoms with Gasteiger partial charge in [-0.1, -0.05) is 54.9 Å². The Morgan fingerprint density at radius 2 is 1.62 bits per heavy atom. The van der Waals surface area contributed by atoms with Gasteiger partial charge < -0.3 is 10.6 Å². The first-order valence-electron chi connectivity index (χ1n) is 7.62. The highest BCUT2D eigenvalue weighted by atomic mass is 16.7. The van der Waals surface area contributed by atoms with Crippen molar-refractivity contribution in [2.24, 2.45) is 22.5 Å². The van der Waals surface area contributed by atoms with E-state index in [0.29, 0.717) is 6.42 Å². The number of nitrogens with zero attached hydrogens (tertiary/aromatic N) is 1. The Hall–Kier alpha value is -1.26. The number of hydrogen-bond donors (Lipinski definition) is 1. The fraction of sp³-hybridized carbons (Fsp3) is 0.875. The number of primary amides is 1. The number of amides is 2. The van der Waals surface area contributed by atoms with E-state index in [9.17, 15) is 9.59 Å². The van der Waals surface area contributed by atoms with Gasteiger partial charge >= 0.3 is 12.0 Å². The smallest absolute Gasteiger partial charge is 0.348 e. The molecule has 1 atom stereocenters. The quantitative estimate of drug-likeness (QED) is 0.786. The number of hydroxylamine groups is 2. The summed E-state index contributed by atoms with van der Waals surface area (Å²) in [7, 11) is 0. The minimum Gasteiger partial charge on any atom is -0.349 e. The third kappa shape index (κ3) is 10.2. The van der Waals surface area contributed by atoms with Crippen LogP contribution in [0.1, 0.15) is 67.7 Å². The molecule has 0 fully saturated rings. The van der Waals surface area contributed by atoms with E-state index in [1.54, 1.807) is 0 Å². The van der Waals surface area contributed by atoms with Crippen molar-refractivity contribution < 1.29 is 14.4 Å². The molecular weight excluding hydrogens is 268 g/mol. The van der Waals surface area contributed by atoms with Crippen LogP contribution in [0.4, 0.5) is 4.79 Å². The monoisotopic (exact) mass is 300 g/mol. The number of hydrogen-bond acceptors (Lipinski definition) is 3. The highest BCUT2D eigenvalue weighted by molar-refractivity contribution is 5.75. The Labute approximate surface area is 129 Å². The van der Waals surface area contributed by atoms with Crippen LogP contribution in [0.2, 0.25) is 0 Å². The Kier molecular flexibility index (Phi) is 7.20. The van der Waals surface area contributed by atoms with Gasteiger partial charge in [0.15, 0.2) is 0 Å². The predicted octanol–water partition coefficient (Wildman–Crippen LogP) is 3.72. The maximum atomic E-state index is 12.0. The third-order valence-electron chi connectivity index (χ3n) is 3.01. The van der Waals surface area contributed by atoms with Crippen LogP contribution in [0, 0.1) is 16.7 Å². The highest BCUT2D eigenvalue weighted by Gasteiger charge is 2.25. The summed E-state index contributed by atoms with van der Waals surface area (Å²) in [5, 5.41) is 0.964. The standard InChI is InChI=1S/C16H32N2O3/c1-8-12(10-15(2,3)4)9-13(19)21-18(14(17)20)11-16(5,6)7/h12H,8-11H2,1-7H3,(H2,17,20). The highest BCUT2D eigenvalue weighted by Crippen LogP contribution is 2.28. The van der Waals surface area contributed by atoms with Crippen molar-refractivity contribution in [3.05, 3.63) is 0 Å². The molecule has 0 aliphatic heterocycles. The predicted molar refractivity (Wildman–Crippen MR) is 84.3 cm³/mol. The van der Waals surface area contributed by atoms with Crippen molar-refractivity contribution in [1.29, 1.82) is 0 Å². The minimum absolute atomic E-state index is 0.162. The maximum absolute atomic E-state index is 12.0. The number of carbonyl (C=O) groups is 2. The second-order valence-corrected chi connectivity index (χ2v) is 8.14. The Morgan fingerprint density at radius 1 is 1.10 bits per heavy atom. The first-order valence-corrected chi connectivity index (χ1v) is 7.62. The fourth-order valence-electron chi connectivity index (χ4n) is 2.21. The summed E-state index contributed by atoms with van der Waals surface area (Å²) in [5.41, 5.74) is 5.24. The lowest BCUT2D eigenvalue weighted by Gasteiger charge is -2.28. The van der Waals surface area contributed by atoms with E-state index in [0.717, 1.165) is 17.9 Å². The Bertz CT molecular complexity index is 354. The summed E-state index contributed by atoms with van der Waals surface area (Å²) in [4.78, 5) is 28.5. The van der Waals surface area contributed by atoms with Gasteiger partial charge in [-0.2, -0.15) is 5.06 Å². The molecule has 0 rings (SSSR count). The van der Waals surface area contributed by atoms with E-state index in [-0.39, 0.29) is 23.3 Å². The molecule has 0 bridgehead atoms. The zero-order valence-corrected chi connectivity index (χ0v) is 14.7. The van der Waals surface area contributed by atoms with Gasteiger partial charge in [-0.3, -0.25) is 0 Å². The van der Waals surface area contributed by atoms with Gasteiger partial charge in [-0.25, -0.2) is 9.59 Å². The van der Waals surface area contributed by atoms with Crippen LogP contribution in [0.3, 0.4) is 0 Å². The van der Waals surface area contributed by atoms with Gasteiger partial charge in [0.2, 0.25) is 0 Å². The molecule has 0 aromatic carbocycles. The summed E-state index contributed by atoms with van der Waals surface area (Å²) >= 11 is 0. The number of urea groups is 1. The molecule has 21 heavy (non-hydrogen) atoms. The minimum atomic E-state index is -0.734. The second-order valence-electron chi connectivity index (χ2n) is 8.14. The van der Waals surface area contributed by atoms with E-state index in [4.69, 9.17) is 10.6 Å². The Morgan fingerprint density at radius 3 is 1.95 bits per heavy atom. The summed E-state index contributed by atoms with van der Waals surface area (Å²) in [6.45, 7) is 14.6. The molecule has 0 saturated carbocycles. The van der Waals surface area contributed by atoms with E-state index >= 15 is 0 Å². The average Bonchev–Trinajstić information content (AvgIpc) is 2.23. The lowest BCUT2D eigenvalue weighted by Crippen LogP contribution is -2.42. The lowest BCUT2D eigenvalue weighted by molar-refractivity contribution is -0.181. The number of rotatable bonds is 5. The van der Waals surface area contributed by atoms with Crippen LogP contribution in [0.5, 0.6) is 0 Å². The first-order chi connectivity index (χ1) is 9.34. The van der Waals surface area contributed by atoms with Crippen molar-refractivity contribution in [2.45, 2.75) is 67.7 Å². The van der Waals surface area contributed by atoms with Crippen LogP contribution < -0.4 is 5.73 Å². The van der Waals surface area contributed by atoms with Crippen molar-refractivity contribution in [3.8, 4) is 0 Å². The largest absolute Gasteiger partial charge is 0.349 e. The fourth-order valence-corrected chi connectivity index (χ4v) is 2.21. The zero-order chi connectivity index (χ0) is 16.8. The van der Waals surface area contributed by atoms with Gasteiger partial charge in [0.05, 0.1) is 13.0 Å². The normalized spacial score (nSPS) is 13.7. The Balaban J connectivity index is 4.59. The topological polar surface area (TPSA) is 72.6 Å². The summed E-state index contributed by atoms with van der Waals surface area (Å²) in [5.74, 6) is -0.143. The summed E-state index contributed by atoms with van der Waals surface area (Å²) < 4.78 is 0. The molecule has 5 heteroatoms. The third-order valence-corrected chi connectivity index (χ3v) is 3.01. The molecule has 0 aromatic heterocycles. The van der Waals surface area contributed by atoms with Gasteiger partial charge in [-0.05, 0) is 23.2 Å². The van der Waals surface area contributed by atoms with Crippen LogP contribution in [-0.4, -0.2) is 23.6 Å². The molecule has 0 aromatic rings. The lowest BCUT2D eigenvalue weighted by atomic mass is 9.82. The molecule has 0 spiro atoms. The van der Waals surface area contributed by atoms with Crippen molar-refractivity contribution in [3.63, 3.8) is 0 Å². The molecule has 0 saturated heterocycles. The SMILES string of the molecule is CCC(CC(=O)ON(CC(C)(C)C)C(N)=O)CC(C)(C)C. The van der Waals surface area contributed by atoms with E-state index in [1.165, 1.54) is 0 Å². The van der Waals surface area contributed by atoms with Crippen molar-refractivity contribution >= 4 is 12.0 Å². The molecule has 0 radical (unpaired) electrons. The van der Waals surface area contributed by atoms with Crippen LogP contribution in [0.15, 0.2) is 0 Å². The molecule has 0 aliphatic rings. The molecule has 1 unspecified atom stereocenters. The maximum Gasteiger partial charge on any atom is 0.348 e. The zero-order valence-electron chi connectivity index (χ0n) is 14.7. The molecule has 124 valence electrons. The summed E-state index contributed by atoms with van der Waals surface area (Å²) in [6, 6.07) is -0.734. The van der Waals surface area contributed by atoms with Crippen LogP contribution in [0.25, 0.3) is 0 Å². The van der Waals surface area contributed by atoms with E-state index in [2.05, 4.69) is 27.7 Å². The van der Waals surface area contributed by atoms with Crippen molar-refractivity contribution in [2.75, 3.05) is 6.54 Å². The van der Waals surface area contributed by atoms with E-state index in [1.807, 2.05) is 20.8 Å². The number of carbonyl (C=O) groups excluding carboxylic acids is 2. The summed E-state index contributed by atoms with van der Waals surface area (Å²) in [6.07, 6.45) is 2.15. The van der Waals surface area contributed by atoms with Crippen LogP contribution >= 0.6 is 0 Å². The van der Waals surface area contributed by atoms with Gasteiger partial charge in [-0.15, -0.1) is 0 Å². The van der Waals surface area contributed by atoms with E-state index < -0.39 is 12.0 Å². The van der Waals surface area contributed by atoms with Crippen LogP contribution in [-0.2, 0) is 9.63 Å². The second kappa shape index (κ2) is 7.66. The molecule has 2 amide bonds. The first kappa shape index (κ1) is 19.7. The molecule has 0 heterocycles. The molecular formula is C16H32N2O3. The van der Waals surface area contributed by atoms with Gasteiger partial charge in [0.1, 0.15) is 0 Å². The number of nitrogens with two attached hydrogens (primary N) is 1. The molecule has 5 nitrogen and oxygen atoms in total. The van der Waals surface area contributed by atoms with Gasteiger partial charge in [0.25, 0.3) is 0 Å². The van der Waals surface area contributed by atoms with Crippen molar-refractivity contribution in [1.82, 2.24) is 5.06 Å². The van der Waals surface area contributed by atoms with Gasteiger partial charge in [0, 0.05) is 0 Å². The molecule has 0 aliphatic carbocycles. The molecule has 2 N–H and O–H groups in total.